The number of Topliss-reactive ketones (excluding diaryl/α,β-unsaturated/α-hetero) is 1. The predicted octanol–water partition coefficient (Wildman–Crippen LogP) is 3.20. The van der Waals surface area contributed by atoms with Crippen molar-refractivity contribution in [3.63, 3.8) is 0 Å². The minimum Gasteiger partial charge on any atom is -0.504 e. The smallest absolute Gasteiger partial charge is 0.504 e. The molecule has 7 heteroatoms. The second-order valence-electron chi connectivity index (χ2n) is 4.13. The number of benzene rings is 1. The number of carbonyl (C=O) groups is 2. The summed E-state index contributed by atoms with van der Waals surface area (Å²) in [6.07, 6.45) is -2.93. The Labute approximate surface area is 119 Å². The number of ether oxygens (including phenoxy) is 2. The van der Waals surface area contributed by atoms with Crippen LogP contribution in [0.15, 0.2) is 30.5 Å². The molecule has 1 rings (SSSR count). The van der Waals surface area contributed by atoms with Crippen LogP contribution < -0.4 is 4.74 Å². The number of aryl methyl sites for hydroxylation is 1. The predicted molar refractivity (Wildman–Crippen MR) is 68.0 cm³/mol. The van der Waals surface area contributed by atoms with Gasteiger partial charge in [0.25, 0.3) is 0 Å². The van der Waals surface area contributed by atoms with Gasteiger partial charge < -0.3 is 9.47 Å². The normalized spacial score (nSPS) is 11.5. The lowest BCUT2D eigenvalue weighted by molar-refractivity contribution is -0.274. The van der Waals surface area contributed by atoms with Gasteiger partial charge in [0, 0.05) is 11.6 Å². The van der Waals surface area contributed by atoms with Crippen molar-refractivity contribution in [3.8, 4) is 5.75 Å². The average molecular weight is 302 g/mol. The van der Waals surface area contributed by atoms with E-state index in [9.17, 15) is 22.8 Å². The lowest BCUT2D eigenvalue weighted by atomic mass is 10.0. The van der Waals surface area contributed by atoms with Crippen molar-refractivity contribution < 1.29 is 32.2 Å². The summed E-state index contributed by atoms with van der Waals surface area (Å²) < 4.78 is 44.5. The quantitative estimate of drug-likeness (QED) is 0.350. The number of rotatable bonds is 6. The molecule has 0 spiro atoms. The molecule has 114 valence electrons. The highest BCUT2D eigenvalue weighted by molar-refractivity contribution is 6.11. The lowest BCUT2D eigenvalue weighted by Gasteiger charge is -2.11. The van der Waals surface area contributed by atoms with Crippen LogP contribution in [0.5, 0.6) is 5.75 Å². The molecule has 0 aliphatic heterocycles. The Morgan fingerprint density at radius 3 is 2.48 bits per heavy atom. The van der Waals surface area contributed by atoms with Crippen LogP contribution in [-0.4, -0.2) is 25.0 Å². The van der Waals surface area contributed by atoms with Crippen LogP contribution >= 0.6 is 0 Å². The summed E-state index contributed by atoms with van der Waals surface area (Å²) in [7, 11) is 1.36. The van der Waals surface area contributed by atoms with E-state index in [1.165, 1.54) is 20.1 Å². The molecule has 0 heterocycles. The van der Waals surface area contributed by atoms with Crippen LogP contribution in [-0.2, 0) is 9.53 Å². The molecule has 21 heavy (non-hydrogen) atoms. The van der Waals surface area contributed by atoms with Gasteiger partial charge in [0.2, 0.25) is 0 Å². The number of ketones is 2. The molecule has 0 aromatic heterocycles. The third-order valence-electron chi connectivity index (χ3n) is 2.46. The van der Waals surface area contributed by atoms with E-state index in [0.29, 0.717) is 5.56 Å². The molecule has 0 fully saturated rings. The van der Waals surface area contributed by atoms with Gasteiger partial charge in [0.15, 0.2) is 11.6 Å². The number of alkyl halides is 3. The maximum absolute atomic E-state index is 12.1. The molecular formula is C14H13F3O4. The standard InChI is InChI=1S/C14H13F3O4/c1-9-7-11(21-14(15,16)17)3-4-12(9)13(19)8-10(18)5-6-20-2/h3-7H,8H2,1-2H3/b6-5+. The van der Waals surface area contributed by atoms with Crippen molar-refractivity contribution in [2.24, 2.45) is 0 Å². The summed E-state index contributed by atoms with van der Waals surface area (Å²) in [5, 5.41) is 0. The Bertz CT molecular complexity index is 562. The second-order valence-corrected chi connectivity index (χ2v) is 4.13. The highest BCUT2D eigenvalue weighted by atomic mass is 19.4. The molecule has 0 saturated carbocycles. The first kappa shape index (κ1) is 16.7. The van der Waals surface area contributed by atoms with E-state index in [0.717, 1.165) is 24.5 Å². The molecule has 1 aromatic carbocycles. The zero-order valence-electron chi connectivity index (χ0n) is 11.4. The molecule has 0 radical (unpaired) electrons. The first-order chi connectivity index (χ1) is 9.73. The Kier molecular flexibility index (Phi) is 5.52. The monoisotopic (exact) mass is 302 g/mol. The minimum atomic E-state index is -4.79. The lowest BCUT2D eigenvalue weighted by Crippen LogP contribution is -2.17. The van der Waals surface area contributed by atoms with Gasteiger partial charge in [-0.3, -0.25) is 9.59 Å². The van der Waals surface area contributed by atoms with Gasteiger partial charge in [0.05, 0.1) is 19.8 Å². The SMILES string of the molecule is CO/C=C/C(=O)CC(=O)c1ccc(OC(F)(F)F)cc1C. The molecule has 1 aromatic rings. The number of methoxy groups -OCH3 is 1. The average Bonchev–Trinajstić information content (AvgIpc) is 2.34. The van der Waals surface area contributed by atoms with Crippen LogP contribution in [0.2, 0.25) is 0 Å². The van der Waals surface area contributed by atoms with E-state index in [1.54, 1.807) is 0 Å². The van der Waals surface area contributed by atoms with Crippen LogP contribution in [0.25, 0.3) is 0 Å². The van der Waals surface area contributed by atoms with Gasteiger partial charge in [-0.15, -0.1) is 13.2 Å². The minimum absolute atomic E-state index is 0.170. The zero-order valence-corrected chi connectivity index (χ0v) is 11.4. The highest BCUT2D eigenvalue weighted by Gasteiger charge is 2.31. The van der Waals surface area contributed by atoms with E-state index in [2.05, 4.69) is 9.47 Å². The van der Waals surface area contributed by atoms with Crippen molar-refractivity contribution in [1.29, 1.82) is 0 Å². The van der Waals surface area contributed by atoms with Gasteiger partial charge >= 0.3 is 6.36 Å². The fourth-order valence-corrected chi connectivity index (χ4v) is 1.60. The number of halogens is 3. The highest BCUT2D eigenvalue weighted by Crippen LogP contribution is 2.25. The van der Waals surface area contributed by atoms with E-state index >= 15 is 0 Å². The molecule has 4 nitrogen and oxygen atoms in total. The number of carbonyl (C=O) groups excluding carboxylic acids is 2. The van der Waals surface area contributed by atoms with Crippen LogP contribution in [0.3, 0.4) is 0 Å². The topological polar surface area (TPSA) is 52.6 Å². The molecule has 0 bridgehead atoms. The molecule has 0 unspecified atom stereocenters. The van der Waals surface area contributed by atoms with Crippen molar-refractivity contribution >= 4 is 11.6 Å². The largest absolute Gasteiger partial charge is 0.573 e. The third-order valence-corrected chi connectivity index (χ3v) is 2.46. The summed E-state index contributed by atoms with van der Waals surface area (Å²) in [5.74, 6) is -1.36. The van der Waals surface area contributed by atoms with Crippen molar-refractivity contribution in [3.05, 3.63) is 41.7 Å². The first-order valence-electron chi connectivity index (χ1n) is 5.84. The first-order valence-corrected chi connectivity index (χ1v) is 5.84. The van der Waals surface area contributed by atoms with E-state index in [-0.39, 0.29) is 12.0 Å². The summed E-state index contributed by atoms with van der Waals surface area (Å²) in [4.78, 5) is 23.3. The van der Waals surface area contributed by atoms with Gasteiger partial charge in [-0.1, -0.05) is 0 Å². The maximum atomic E-state index is 12.1. The van der Waals surface area contributed by atoms with Gasteiger partial charge in [0.1, 0.15) is 5.75 Å². The molecule has 0 aliphatic carbocycles. The Morgan fingerprint density at radius 2 is 1.95 bits per heavy atom. The molecular weight excluding hydrogens is 289 g/mol. The van der Waals surface area contributed by atoms with Gasteiger partial charge in [-0.2, -0.15) is 0 Å². The van der Waals surface area contributed by atoms with Crippen LogP contribution in [0.1, 0.15) is 22.3 Å². The Balaban J connectivity index is 2.82. The summed E-state index contributed by atoms with van der Waals surface area (Å²) in [6.45, 7) is 1.46. The Hall–Kier alpha value is -2.31. The van der Waals surface area contributed by atoms with E-state index in [4.69, 9.17) is 0 Å². The Morgan fingerprint density at radius 1 is 1.29 bits per heavy atom. The molecule has 0 aliphatic rings. The van der Waals surface area contributed by atoms with Gasteiger partial charge in [-0.05, 0) is 30.7 Å². The molecule has 0 N–H and O–H groups in total. The number of hydrogen-bond donors (Lipinski definition) is 0. The molecule has 0 amide bonds. The van der Waals surface area contributed by atoms with Crippen molar-refractivity contribution in [2.45, 2.75) is 19.7 Å². The van der Waals surface area contributed by atoms with Crippen molar-refractivity contribution in [2.75, 3.05) is 7.11 Å². The van der Waals surface area contributed by atoms with E-state index in [1.807, 2.05) is 0 Å². The fraction of sp³-hybridized carbons (Fsp3) is 0.286. The van der Waals surface area contributed by atoms with Crippen LogP contribution in [0.4, 0.5) is 13.2 Å². The summed E-state index contributed by atoms with van der Waals surface area (Å²) >= 11 is 0. The summed E-state index contributed by atoms with van der Waals surface area (Å²) in [5.41, 5.74) is 0.467. The van der Waals surface area contributed by atoms with Crippen molar-refractivity contribution in [1.82, 2.24) is 0 Å². The number of hydrogen-bond acceptors (Lipinski definition) is 4. The molecule has 0 atom stereocenters. The maximum Gasteiger partial charge on any atom is 0.573 e. The van der Waals surface area contributed by atoms with Crippen LogP contribution in [0, 0.1) is 6.92 Å². The fourth-order valence-electron chi connectivity index (χ4n) is 1.60. The zero-order chi connectivity index (χ0) is 16.0. The number of allylic oxidation sites excluding steroid dienone is 1. The summed E-state index contributed by atoms with van der Waals surface area (Å²) in [6, 6.07) is 3.32. The van der Waals surface area contributed by atoms with Gasteiger partial charge in [-0.25, -0.2) is 0 Å². The second kappa shape index (κ2) is 6.92. The molecule has 0 saturated heterocycles. The third kappa shape index (κ3) is 5.68. The van der Waals surface area contributed by atoms with E-state index < -0.39 is 23.7 Å².